The minimum atomic E-state index is -0.449. The van der Waals surface area contributed by atoms with Gasteiger partial charge in [0, 0.05) is 19.4 Å². The standard InChI is InChI=1S/C15H21N3O2/c1-2-5-11(19)10-16-15(20)9-8-14-17-12-6-3-4-7-13(12)18-14/h3-4,6-7,11,19H,2,5,8-10H2,1H3,(H,16,20)(H,17,18). The molecule has 0 aliphatic heterocycles. The van der Waals surface area contributed by atoms with Crippen LogP contribution in [-0.2, 0) is 11.2 Å². The van der Waals surface area contributed by atoms with Crippen LogP contribution in [0, 0.1) is 0 Å². The second-order valence-corrected chi connectivity index (χ2v) is 4.95. The van der Waals surface area contributed by atoms with Crippen molar-refractivity contribution in [3.8, 4) is 0 Å². The van der Waals surface area contributed by atoms with Crippen molar-refractivity contribution in [1.29, 1.82) is 0 Å². The number of fused-ring (bicyclic) bond motifs is 1. The normalized spacial score (nSPS) is 12.5. The molecule has 0 spiro atoms. The fourth-order valence-corrected chi connectivity index (χ4v) is 2.11. The van der Waals surface area contributed by atoms with Crippen molar-refractivity contribution in [2.45, 2.75) is 38.7 Å². The van der Waals surface area contributed by atoms with Crippen molar-refractivity contribution >= 4 is 16.9 Å². The highest BCUT2D eigenvalue weighted by Gasteiger charge is 2.08. The van der Waals surface area contributed by atoms with Crippen LogP contribution in [0.2, 0.25) is 0 Å². The summed E-state index contributed by atoms with van der Waals surface area (Å²) >= 11 is 0. The van der Waals surface area contributed by atoms with Gasteiger partial charge in [-0.2, -0.15) is 0 Å². The molecule has 0 saturated carbocycles. The van der Waals surface area contributed by atoms with E-state index in [1.807, 2.05) is 31.2 Å². The first kappa shape index (κ1) is 14.5. The molecule has 2 rings (SSSR count). The number of nitrogens with one attached hydrogen (secondary N) is 2. The molecular formula is C15H21N3O2. The summed E-state index contributed by atoms with van der Waals surface area (Å²) in [5.41, 5.74) is 1.91. The summed E-state index contributed by atoms with van der Waals surface area (Å²) in [7, 11) is 0. The molecule has 1 atom stereocenters. The molecule has 0 aliphatic carbocycles. The lowest BCUT2D eigenvalue weighted by Gasteiger charge is -2.10. The van der Waals surface area contributed by atoms with E-state index in [2.05, 4.69) is 15.3 Å². The lowest BCUT2D eigenvalue weighted by molar-refractivity contribution is -0.121. The van der Waals surface area contributed by atoms with Gasteiger partial charge in [-0.25, -0.2) is 4.98 Å². The summed E-state index contributed by atoms with van der Waals surface area (Å²) in [6.45, 7) is 2.33. The van der Waals surface area contributed by atoms with Gasteiger partial charge in [-0.3, -0.25) is 4.79 Å². The number of para-hydroxylation sites is 2. The Balaban J connectivity index is 1.78. The Labute approximate surface area is 118 Å². The van der Waals surface area contributed by atoms with Crippen LogP contribution >= 0.6 is 0 Å². The zero-order chi connectivity index (χ0) is 14.4. The Morgan fingerprint density at radius 1 is 1.45 bits per heavy atom. The van der Waals surface area contributed by atoms with E-state index >= 15 is 0 Å². The smallest absolute Gasteiger partial charge is 0.220 e. The minimum absolute atomic E-state index is 0.0550. The average molecular weight is 275 g/mol. The molecule has 5 nitrogen and oxygen atoms in total. The third kappa shape index (κ3) is 4.06. The van der Waals surface area contributed by atoms with E-state index in [0.717, 1.165) is 23.3 Å². The zero-order valence-corrected chi connectivity index (χ0v) is 11.7. The number of carbonyl (C=O) groups is 1. The lowest BCUT2D eigenvalue weighted by atomic mass is 10.2. The van der Waals surface area contributed by atoms with Crippen molar-refractivity contribution in [3.63, 3.8) is 0 Å². The number of aliphatic hydroxyl groups is 1. The summed E-state index contributed by atoms with van der Waals surface area (Å²) < 4.78 is 0. The molecule has 3 N–H and O–H groups in total. The van der Waals surface area contributed by atoms with Gasteiger partial charge in [0.05, 0.1) is 17.1 Å². The fraction of sp³-hybridized carbons (Fsp3) is 0.467. The third-order valence-electron chi connectivity index (χ3n) is 3.18. The topological polar surface area (TPSA) is 78.0 Å². The van der Waals surface area contributed by atoms with Gasteiger partial charge in [0.25, 0.3) is 0 Å². The van der Waals surface area contributed by atoms with E-state index in [4.69, 9.17) is 0 Å². The number of aromatic nitrogens is 2. The molecule has 0 radical (unpaired) electrons. The van der Waals surface area contributed by atoms with Crippen LogP contribution < -0.4 is 5.32 Å². The Morgan fingerprint density at radius 2 is 2.25 bits per heavy atom. The average Bonchev–Trinajstić information content (AvgIpc) is 2.86. The molecule has 0 fully saturated rings. The van der Waals surface area contributed by atoms with E-state index in [0.29, 0.717) is 25.8 Å². The maximum Gasteiger partial charge on any atom is 0.220 e. The Kier molecular flexibility index (Phi) is 5.12. The van der Waals surface area contributed by atoms with Crippen molar-refractivity contribution < 1.29 is 9.90 Å². The number of nitrogens with zero attached hydrogens (tertiary/aromatic N) is 1. The van der Waals surface area contributed by atoms with Crippen LogP contribution in [0.1, 0.15) is 32.0 Å². The van der Waals surface area contributed by atoms with E-state index in [1.165, 1.54) is 0 Å². The fourth-order valence-electron chi connectivity index (χ4n) is 2.11. The van der Waals surface area contributed by atoms with Crippen molar-refractivity contribution in [1.82, 2.24) is 15.3 Å². The maximum absolute atomic E-state index is 11.7. The van der Waals surface area contributed by atoms with Gasteiger partial charge in [-0.15, -0.1) is 0 Å². The number of benzene rings is 1. The van der Waals surface area contributed by atoms with Gasteiger partial charge in [0.1, 0.15) is 5.82 Å². The number of rotatable bonds is 7. The van der Waals surface area contributed by atoms with Crippen LogP contribution in [0.25, 0.3) is 11.0 Å². The highest BCUT2D eigenvalue weighted by Crippen LogP contribution is 2.11. The number of H-pyrrole nitrogens is 1. The van der Waals surface area contributed by atoms with Crippen LogP contribution in [0.15, 0.2) is 24.3 Å². The number of hydrogen-bond acceptors (Lipinski definition) is 3. The number of aromatic amines is 1. The molecule has 1 heterocycles. The molecule has 1 unspecified atom stereocenters. The van der Waals surface area contributed by atoms with Crippen LogP contribution in [0.3, 0.4) is 0 Å². The maximum atomic E-state index is 11.7. The number of carbonyl (C=O) groups excluding carboxylic acids is 1. The highest BCUT2D eigenvalue weighted by molar-refractivity contribution is 5.77. The van der Waals surface area contributed by atoms with E-state index in [-0.39, 0.29) is 5.91 Å². The van der Waals surface area contributed by atoms with E-state index < -0.39 is 6.10 Å². The first-order chi connectivity index (χ1) is 9.69. The number of aliphatic hydroxyl groups excluding tert-OH is 1. The van der Waals surface area contributed by atoms with Crippen LogP contribution in [-0.4, -0.2) is 33.6 Å². The minimum Gasteiger partial charge on any atom is -0.391 e. The quantitative estimate of drug-likeness (QED) is 0.720. The summed E-state index contributed by atoms with van der Waals surface area (Å²) in [6, 6.07) is 7.80. The molecule has 2 aromatic rings. The van der Waals surface area contributed by atoms with E-state index in [1.54, 1.807) is 0 Å². The SMILES string of the molecule is CCCC(O)CNC(=O)CCc1nc2ccccc2[nH]1. The first-order valence-corrected chi connectivity index (χ1v) is 7.07. The van der Waals surface area contributed by atoms with Gasteiger partial charge in [0.15, 0.2) is 0 Å². The lowest BCUT2D eigenvalue weighted by Crippen LogP contribution is -2.32. The summed E-state index contributed by atoms with van der Waals surface area (Å²) in [5.74, 6) is 0.760. The third-order valence-corrected chi connectivity index (χ3v) is 3.18. The van der Waals surface area contributed by atoms with Crippen molar-refractivity contribution in [2.24, 2.45) is 0 Å². The number of amides is 1. The molecule has 0 bridgehead atoms. The monoisotopic (exact) mass is 275 g/mol. The molecule has 108 valence electrons. The van der Waals surface area contributed by atoms with Gasteiger partial charge in [-0.1, -0.05) is 25.5 Å². The molecule has 1 amide bonds. The first-order valence-electron chi connectivity index (χ1n) is 7.07. The summed E-state index contributed by atoms with van der Waals surface area (Å²) in [5, 5.41) is 12.3. The highest BCUT2D eigenvalue weighted by atomic mass is 16.3. The molecule has 1 aromatic heterocycles. The van der Waals surface area contributed by atoms with Gasteiger partial charge < -0.3 is 15.4 Å². The molecule has 0 aliphatic rings. The Bertz CT molecular complexity index is 532. The summed E-state index contributed by atoms with van der Waals surface area (Å²) in [6.07, 6.45) is 2.12. The van der Waals surface area contributed by atoms with Crippen molar-refractivity contribution in [3.05, 3.63) is 30.1 Å². The van der Waals surface area contributed by atoms with Crippen molar-refractivity contribution in [2.75, 3.05) is 6.54 Å². The van der Waals surface area contributed by atoms with Gasteiger partial charge >= 0.3 is 0 Å². The summed E-state index contributed by atoms with van der Waals surface area (Å²) in [4.78, 5) is 19.3. The van der Waals surface area contributed by atoms with Gasteiger partial charge in [-0.05, 0) is 18.6 Å². The Hall–Kier alpha value is -1.88. The van der Waals surface area contributed by atoms with Crippen LogP contribution in [0.4, 0.5) is 0 Å². The largest absolute Gasteiger partial charge is 0.391 e. The number of hydrogen-bond donors (Lipinski definition) is 3. The predicted octanol–water partition coefficient (Wildman–Crippen LogP) is 1.77. The zero-order valence-electron chi connectivity index (χ0n) is 11.7. The van der Waals surface area contributed by atoms with E-state index in [9.17, 15) is 9.90 Å². The molecule has 5 heteroatoms. The van der Waals surface area contributed by atoms with Crippen LogP contribution in [0.5, 0.6) is 0 Å². The second-order valence-electron chi connectivity index (χ2n) is 4.95. The number of aryl methyl sites for hydroxylation is 1. The number of imidazole rings is 1. The molecular weight excluding hydrogens is 254 g/mol. The Morgan fingerprint density at radius 3 is 3.00 bits per heavy atom. The second kappa shape index (κ2) is 7.05. The predicted molar refractivity (Wildman–Crippen MR) is 78.3 cm³/mol. The molecule has 20 heavy (non-hydrogen) atoms. The molecule has 0 saturated heterocycles. The van der Waals surface area contributed by atoms with Gasteiger partial charge in [0.2, 0.25) is 5.91 Å². The molecule has 1 aromatic carbocycles.